The van der Waals surface area contributed by atoms with E-state index < -0.39 is 4.92 Å². The zero-order valence-corrected chi connectivity index (χ0v) is 12.9. The van der Waals surface area contributed by atoms with Crippen LogP contribution in [0.3, 0.4) is 0 Å². The number of hydrogen-bond donors (Lipinski definition) is 0. The molecule has 0 atom stereocenters. The molecule has 0 spiro atoms. The number of anilines is 1. The summed E-state index contributed by atoms with van der Waals surface area (Å²) in [6, 6.07) is 7.13. The van der Waals surface area contributed by atoms with Gasteiger partial charge in [-0.2, -0.15) is 5.26 Å². The molecule has 0 aromatic heterocycles. The van der Waals surface area contributed by atoms with Gasteiger partial charge in [0.1, 0.15) is 0 Å². The van der Waals surface area contributed by atoms with E-state index in [1.165, 1.54) is 6.07 Å². The maximum atomic E-state index is 11.1. The van der Waals surface area contributed by atoms with Gasteiger partial charge in [-0.3, -0.25) is 10.1 Å². The summed E-state index contributed by atoms with van der Waals surface area (Å²) in [4.78, 5) is 12.6. The molecule has 21 heavy (non-hydrogen) atoms. The third kappa shape index (κ3) is 4.63. The Balaban J connectivity index is 3.18. The molecule has 0 bridgehead atoms. The summed E-state index contributed by atoms with van der Waals surface area (Å²) < 4.78 is 5.55. The number of hydrogen-bond acceptors (Lipinski definition) is 5. The van der Waals surface area contributed by atoms with E-state index >= 15 is 0 Å². The van der Waals surface area contributed by atoms with Crippen molar-refractivity contribution in [3.63, 3.8) is 0 Å². The first-order valence-electron chi connectivity index (χ1n) is 6.95. The molecule has 0 unspecified atom stereocenters. The van der Waals surface area contributed by atoms with Crippen LogP contribution in [0.15, 0.2) is 18.2 Å². The van der Waals surface area contributed by atoms with Crippen molar-refractivity contribution in [2.75, 3.05) is 11.4 Å². The van der Waals surface area contributed by atoms with E-state index in [4.69, 9.17) is 10.00 Å². The van der Waals surface area contributed by atoms with Crippen LogP contribution in [0.2, 0.25) is 0 Å². The number of nitriles is 1. The van der Waals surface area contributed by atoms with Gasteiger partial charge in [0.05, 0.1) is 23.5 Å². The molecule has 0 aliphatic rings. The number of nitro groups is 1. The maximum absolute atomic E-state index is 11.1. The van der Waals surface area contributed by atoms with Crippen LogP contribution in [0.4, 0.5) is 11.4 Å². The van der Waals surface area contributed by atoms with Crippen LogP contribution in [0, 0.1) is 21.4 Å². The molecule has 0 radical (unpaired) electrons. The first kappa shape index (κ1) is 16.8. The molecule has 0 N–H and O–H groups in total. The highest BCUT2D eigenvalue weighted by atomic mass is 16.6. The number of ether oxygens (including phenoxy) is 1. The number of nitrogens with zero attached hydrogens (tertiary/aromatic N) is 3. The van der Waals surface area contributed by atoms with E-state index in [1.54, 1.807) is 12.1 Å². The van der Waals surface area contributed by atoms with Gasteiger partial charge in [-0.25, -0.2) is 0 Å². The lowest BCUT2D eigenvalue weighted by Crippen LogP contribution is -2.31. The monoisotopic (exact) mass is 291 g/mol. The van der Waals surface area contributed by atoms with Crippen LogP contribution in [0.1, 0.15) is 34.1 Å². The molecule has 0 amide bonds. The topological polar surface area (TPSA) is 79.4 Å². The zero-order chi connectivity index (χ0) is 16.0. The van der Waals surface area contributed by atoms with Crippen LogP contribution in [0.5, 0.6) is 5.75 Å². The second-order valence-corrected chi connectivity index (χ2v) is 5.27. The third-order valence-electron chi connectivity index (χ3n) is 2.92. The highest BCUT2D eigenvalue weighted by Gasteiger charge is 2.19. The van der Waals surface area contributed by atoms with Gasteiger partial charge in [-0.1, -0.05) is 0 Å². The van der Waals surface area contributed by atoms with Crippen molar-refractivity contribution in [1.29, 1.82) is 5.26 Å². The summed E-state index contributed by atoms with van der Waals surface area (Å²) in [6.45, 7) is 8.26. The molecule has 0 aliphatic carbocycles. The number of benzene rings is 1. The van der Waals surface area contributed by atoms with E-state index in [1.807, 2.05) is 32.6 Å². The van der Waals surface area contributed by atoms with Gasteiger partial charge in [0.15, 0.2) is 5.75 Å². The van der Waals surface area contributed by atoms with Crippen molar-refractivity contribution in [3.05, 3.63) is 28.3 Å². The second kappa shape index (κ2) is 7.48. The highest BCUT2D eigenvalue weighted by molar-refractivity contribution is 5.59. The molecular formula is C15H21N3O3. The van der Waals surface area contributed by atoms with E-state index in [0.717, 1.165) is 5.69 Å². The lowest BCUT2D eigenvalue weighted by Gasteiger charge is -2.28. The standard InChI is InChI=1S/C15H21N3O3/c1-11(2)17(9-5-8-16)13-6-7-14(18(19)20)15(10-13)21-12(3)4/h6-7,10-12H,5,9H2,1-4H3. The van der Waals surface area contributed by atoms with Gasteiger partial charge in [0.2, 0.25) is 0 Å². The summed E-state index contributed by atoms with van der Waals surface area (Å²) in [5, 5.41) is 19.8. The Bertz CT molecular complexity index is 535. The summed E-state index contributed by atoms with van der Waals surface area (Å²) in [5.41, 5.74) is 0.776. The average Bonchev–Trinajstić information content (AvgIpc) is 2.37. The molecule has 6 nitrogen and oxygen atoms in total. The van der Waals surface area contributed by atoms with Crippen molar-refractivity contribution < 1.29 is 9.66 Å². The summed E-state index contributed by atoms with van der Waals surface area (Å²) >= 11 is 0. The van der Waals surface area contributed by atoms with Crippen LogP contribution < -0.4 is 9.64 Å². The summed E-state index contributed by atoms with van der Waals surface area (Å²) in [6.07, 6.45) is 0.251. The SMILES string of the molecule is CC(C)Oc1cc(N(CCC#N)C(C)C)ccc1[N+](=O)[O-]. The van der Waals surface area contributed by atoms with Crippen LogP contribution >= 0.6 is 0 Å². The Morgan fingerprint density at radius 2 is 2.05 bits per heavy atom. The lowest BCUT2D eigenvalue weighted by molar-refractivity contribution is -0.386. The van der Waals surface area contributed by atoms with Gasteiger partial charge >= 0.3 is 5.69 Å². The Labute approximate surface area is 125 Å². The fourth-order valence-corrected chi connectivity index (χ4v) is 2.04. The van der Waals surface area contributed by atoms with Crippen LogP contribution in [-0.2, 0) is 0 Å². The van der Waals surface area contributed by atoms with Crippen molar-refractivity contribution in [3.8, 4) is 11.8 Å². The van der Waals surface area contributed by atoms with Gasteiger partial charge in [-0.15, -0.1) is 0 Å². The maximum Gasteiger partial charge on any atom is 0.311 e. The lowest BCUT2D eigenvalue weighted by atomic mass is 10.2. The van der Waals surface area contributed by atoms with Crippen LogP contribution in [0.25, 0.3) is 0 Å². The molecule has 6 heteroatoms. The molecule has 1 rings (SSSR count). The smallest absolute Gasteiger partial charge is 0.311 e. The van der Waals surface area contributed by atoms with E-state index in [0.29, 0.717) is 13.0 Å². The van der Waals surface area contributed by atoms with Gasteiger partial charge < -0.3 is 9.64 Å². The molecule has 0 saturated carbocycles. The Kier molecular flexibility index (Phi) is 5.97. The third-order valence-corrected chi connectivity index (χ3v) is 2.92. The van der Waals surface area contributed by atoms with Gasteiger partial charge in [-0.05, 0) is 33.8 Å². The minimum absolute atomic E-state index is 0.0450. The Hall–Kier alpha value is -2.29. The Morgan fingerprint density at radius 3 is 2.52 bits per heavy atom. The molecule has 0 saturated heterocycles. The average molecular weight is 291 g/mol. The number of nitro benzene ring substituents is 1. The largest absolute Gasteiger partial charge is 0.484 e. The van der Waals surface area contributed by atoms with E-state index in [9.17, 15) is 10.1 Å². The van der Waals surface area contributed by atoms with E-state index in [2.05, 4.69) is 6.07 Å². The molecule has 1 aromatic rings. The molecular weight excluding hydrogens is 270 g/mol. The van der Waals surface area contributed by atoms with Crippen molar-refractivity contribution >= 4 is 11.4 Å². The van der Waals surface area contributed by atoms with Gasteiger partial charge in [0.25, 0.3) is 0 Å². The quantitative estimate of drug-likeness (QED) is 0.567. The molecule has 0 fully saturated rings. The first-order chi connectivity index (χ1) is 9.86. The Morgan fingerprint density at radius 1 is 1.38 bits per heavy atom. The van der Waals surface area contributed by atoms with Crippen LogP contribution in [-0.4, -0.2) is 23.6 Å². The van der Waals surface area contributed by atoms with Gasteiger partial charge in [0, 0.05) is 30.4 Å². The first-order valence-corrected chi connectivity index (χ1v) is 6.95. The zero-order valence-electron chi connectivity index (χ0n) is 12.9. The van der Waals surface area contributed by atoms with Crippen molar-refractivity contribution in [2.24, 2.45) is 0 Å². The minimum atomic E-state index is -0.448. The predicted molar refractivity (Wildman–Crippen MR) is 81.6 cm³/mol. The molecule has 0 aliphatic heterocycles. The molecule has 114 valence electrons. The molecule has 0 heterocycles. The summed E-state index contributed by atoms with van der Waals surface area (Å²) in [5.74, 6) is 0.259. The van der Waals surface area contributed by atoms with Crippen molar-refractivity contribution in [1.82, 2.24) is 0 Å². The normalized spacial score (nSPS) is 10.5. The van der Waals surface area contributed by atoms with Crippen molar-refractivity contribution in [2.45, 2.75) is 46.3 Å². The predicted octanol–water partition coefficient (Wildman–Crippen LogP) is 3.51. The highest BCUT2D eigenvalue weighted by Crippen LogP contribution is 2.33. The molecule has 1 aromatic carbocycles. The second-order valence-electron chi connectivity index (χ2n) is 5.27. The summed E-state index contributed by atoms with van der Waals surface area (Å²) in [7, 11) is 0. The minimum Gasteiger partial charge on any atom is -0.484 e. The van der Waals surface area contributed by atoms with E-state index in [-0.39, 0.29) is 23.6 Å². The fourth-order valence-electron chi connectivity index (χ4n) is 2.04. The number of rotatable bonds is 7. The fraction of sp³-hybridized carbons (Fsp3) is 0.533.